The Kier molecular flexibility index (Phi) is 5.32. The minimum absolute atomic E-state index is 0.115. The van der Waals surface area contributed by atoms with Crippen LogP contribution in [0.4, 0.5) is 5.69 Å². The summed E-state index contributed by atoms with van der Waals surface area (Å²) in [6.07, 6.45) is 1.76. The van der Waals surface area contributed by atoms with Crippen LogP contribution in [0.5, 0.6) is 11.5 Å². The Bertz CT molecular complexity index is 833. The monoisotopic (exact) mass is 332 g/mol. The van der Waals surface area contributed by atoms with Gasteiger partial charge in [0.1, 0.15) is 0 Å². The zero-order valence-electron chi connectivity index (χ0n) is 14.0. The molecule has 126 valence electrons. The Morgan fingerprint density at radius 1 is 0.960 bits per heavy atom. The quantitative estimate of drug-likeness (QED) is 0.536. The standard InChI is InChI=1S/C21H20N2O2/c1-25-21-14-18(12-13-20(21)24)15-22-23(19-10-6-3-7-11-19)16-17-8-4-2-5-9-17/h2-15,24H,16H2,1H3. The zero-order chi connectivity index (χ0) is 17.5. The summed E-state index contributed by atoms with van der Waals surface area (Å²) in [5.74, 6) is 0.544. The number of rotatable bonds is 6. The summed E-state index contributed by atoms with van der Waals surface area (Å²) in [6.45, 7) is 0.663. The first-order chi connectivity index (χ1) is 12.3. The van der Waals surface area contributed by atoms with E-state index >= 15 is 0 Å². The molecule has 0 aromatic heterocycles. The van der Waals surface area contributed by atoms with E-state index in [9.17, 15) is 5.11 Å². The Labute approximate surface area is 147 Å². The van der Waals surface area contributed by atoms with Gasteiger partial charge in [0.2, 0.25) is 0 Å². The van der Waals surface area contributed by atoms with Gasteiger partial charge >= 0.3 is 0 Å². The van der Waals surface area contributed by atoms with E-state index in [1.807, 2.05) is 53.5 Å². The highest BCUT2D eigenvalue weighted by molar-refractivity contribution is 5.81. The molecule has 4 nitrogen and oxygen atoms in total. The molecule has 4 heteroatoms. The molecule has 3 aromatic carbocycles. The second kappa shape index (κ2) is 8.02. The highest BCUT2D eigenvalue weighted by Crippen LogP contribution is 2.26. The number of methoxy groups -OCH3 is 1. The predicted molar refractivity (Wildman–Crippen MR) is 101 cm³/mol. The maximum atomic E-state index is 9.71. The van der Waals surface area contributed by atoms with Crippen molar-refractivity contribution in [3.8, 4) is 11.5 Å². The molecule has 0 spiro atoms. The molecule has 0 saturated carbocycles. The molecule has 0 aliphatic heterocycles. The summed E-state index contributed by atoms with van der Waals surface area (Å²) < 4.78 is 5.15. The number of ether oxygens (including phenoxy) is 1. The molecule has 0 atom stereocenters. The van der Waals surface area contributed by atoms with E-state index < -0.39 is 0 Å². The smallest absolute Gasteiger partial charge is 0.161 e. The number of hydrazone groups is 1. The normalized spacial score (nSPS) is 10.8. The van der Waals surface area contributed by atoms with Gasteiger partial charge in [-0.15, -0.1) is 0 Å². The summed E-state index contributed by atoms with van der Waals surface area (Å²) in [5.41, 5.74) is 3.03. The van der Waals surface area contributed by atoms with Crippen molar-refractivity contribution in [3.05, 3.63) is 90.0 Å². The Hall–Kier alpha value is -3.27. The van der Waals surface area contributed by atoms with Crippen molar-refractivity contribution in [3.63, 3.8) is 0 Å². The van der Waals surface area contributed by atoms with Gasteiger partial charge in [0, 0.05) is 0 Å². The lowest BCUT2D eigenvalue weighted by Crippen LogP contribution is -2.16. The number of aromatic hydroxyl groups is 1. The number of para-hydroxylation sites is 1. The number of hydrogen-bond acceptors (Lipinski definition) is 4. The van der Waals surface area contributed by atoms with E-state index in [0.29, 0.717) is 12.3 Å². The summed E-state index contributed by atoms with van der Waals surface area (Å²) in [5, 5.41) is 16.3. The SMILES string of the molecule is COc1cc(C=NN(Cc2ccccc2)c2ccccc2)ccc1O. The van der Waals surface area contributed by atoms with Crippen molar-refractivity contribution in [2.45, 2.75) is 6.54 Å². The summed E-state index contributed by atoms with van der Waals surface area (Å²) >= 11 is 0. The van der Waals surface area contributed by atoms with Crippen LogP contribution in [0.3, 0.4) is 0 Å². The average molecular weight is 332 g/mol. The van der Waals surface area contributed by atoms with Crippen LogP contribution >= 0.6 is 0 Å². The lowest BCUT2D eigenvalue weighted by molar-refractivity contribution is 0.373. The lowest BCUT2D eigenvalue weighted by atomic mass is 10.2. The van der Waals surface area contributed by atoms with Crippen LogP contribution in [0.1, 0.15) is 11.1 Å². The van der Waals surface area contributed by atoms with Gasteiger partial charge in [-0.1, -0.05) is 48.5 Å². The first-order valence-corrected chi connectivity index (χ1v) is 8.04. The van der Waals surface area contributed by atoms with Gasteiger partial charge in [0.25, 0.3) is 0 Å². The molecule has 0 fully saturated rings. The Morgan fingerprint density at radius 3 is 2.32 bits per heavy atom. The summed E-state index contributed by atoms with van der Waals surface area (Å²) in [4.78, 5) is 0. The van der Waals surface area contributed by atoms with Crippen LogP contribution in [-0.2, 0) is 6.54 Å². The van der Waals surface area contributed by atoms with E-state index in [1.54, 1.807) is 24.4 Å². The highest BCUT2D eigenvalue weighted by Gasteiger charge is 2.06. The third-order valence-electron chi connectivity index (χ3n) is 3.78. The molecule has 0 unspecified atom stereocenters. The molecule has 1 N–H and O–H groups in total. The van der Waals surface area contributed by atoms with Crippen molar-refractivity contribution in [1.29, 1.82) is 0 Å². The molecule has 0 heterocycles. The molecule has 0 aliphatic rings. The highest BCUT2D eigenvalue weighted by atomic mass is 16.5. The maximum absolute atomic E-state index is 9.71. The van der Waals surface area contributed by atoms with E-state index in [1.165, 1.54) is 12.7 Å². The third-order valence-corrected chi connectivity index (χ3v) is 3.78. The fraction of sp³-hybridized carbons (Fsp3) is 0.0952. The second-order valence-corrected chi connectivity index (χ2v) is 5.55. The number of benzene rings is 3. The molecule has 25 heavy (non-hydrogen) atoms. The Morgan fingerprint density at radius 2 is 1.64 bits per heavy atom. The lowest BCUT2D eigenvalue weighted by Gasteiger charge is -2.19. The minimum atomic E-state index is 0.115. The van der Waals surface area contributed by atoms with E-state index in [2.05, 4.69) is 17.2 Å². The van der Waals surface area contributed by atoms with Gasteiger partial charge in [-0.3, -0.25) is 5.01 Å². The van der Waals surface area contributed by atoms with Crippen LogP contribution in [0, 0.1) is 0 Å². The van der Waals surface area contributed by atoms with Crippen LogP contribution in [0.25, 0.3) is 0 Å². The molecule has 3 aromatic rings. The van der Waals surface area contributed by atoms with Crippen molar-refractivity contribution >= 4 is 11.9 Å². The Balaban J connectivity index is 1.87. The largest absolute Gasteiger partial charge is 0.504 e. The third kappa shape index (κ3) is 4.38. The number of hydrogen-bond donors (Lipinski definition) is 1. The fourth-order valence-corrected chi connectivity index (χ4v) is 2.47. The van der Waals surface area contributed by atoms with Crippen molar-refractivity contribution in [2.24, 2.45) is 5.10 Å². The summed E-state index contributed by atoms with van der Waals surface area (Å²) in [6, 6.07) is 25.4. The van der Waals surface area contributed by atoms with Gasteiger partial charge in [-0.05, 0) is 41.5 Å². The molecule has 0 saturated heterocycles. The number of phenolic OH excluding ortho intramolecular Hbond substituents is 1. The fourth-order valence-electron chi connectivity index (χ4n) is 2.47. The van der Waals surface area contributed by atoms with Crippen molar-refractivity contribution in [1.82, 2.24) is 0 Å². The van der Waals surface area contributed by atoms with Gasteiger partial charge in [-0.2, -0.15) is 5.10 Å². The number of phenols is 1. The van der Waals surface area contributed by atoms with Crippen LogP contribution in [-0.4, -0.2) is 18.4 Å². The van der Waals surface area contributed by atoms with Crippen LogP contribution < -0.4 is 9.75 Å². The average Bonchev–Trinajstić information content (AvgIpc) is 2.67. The molecular weight excluding hydrogens is 312 g/mol. The van der Waals surface area contributed by atoms with Crippen LogP contribution in [0.15, 0.2) is 84.0 Å². The first-order valence-electron chi connectivity index (χ1n) is 8.04. The number of nitrogens with zero attached hydrogens (tertiary/aromatic N) is 2. The summed E-state index contributed by atoms with van der Waals surface area (Å²) in [7, 11) is 1.53. The van der Waals surface area contributed by atoms with Gasteiger partial charge in [-0.25, -0.2) is 0 Å². The van der Waals surface area contributed by atoms with Gasteiger partial charge in [0.15, 0.2) is 11.5 Å². The second-order valence-electron chi connectivity index (χ2n) is 5.55. The molecule has 0 bridgehead atoms. The first kappa shape index (κ1) is 16.6. The van der Waals surface area contributed by atoms with Gasteiger partial charge in [0.05, 0.1) is 25.6 Å². The molecule has 0 radical (unpaired) electrons. The topological polar surface area (TPSA) is 45.1 Å². The number of anilines is 1. The molecule has 3 rings (SSSR count). The zero-order valence-corrected chi connectivity index (χ0v) is 14.0. The predicted octanol–water partition coefficient (Wildman–Crippen LogP) is 4.44. The van der Waals surface area contributed by atoms with Gasteiger partial charge < -0.3 is 9.84 Å². The molecular formula is C21H20N2O2. The minimum Gasteiger partial charge on any atom is -0.504 e. The van der Waals surface area contributed by atoms with E-state index in [-0.39, 0.29) is 5.75 Å². The van der Waals surface area contributed by atoms with E-state index in [0.717, 1.165) is 11.3 Å². The van der Waals surface area contributed by atoms with Crippen molar-refractivity contribution in [2.75, 3.05) is 12.1 Å². The van der Waals surface area contributed by atoms with Crippen LogP contribution in [0.2, 0.25) is 0 Å². The molecule has 0 amide bonds. The van der Waals surface area contributed by atoms with E-state index in [4.69, 9.17) is 4.74 Å². The molecule has 0 aliphatic carbocycles. The van der Waals surface area contributed by atoms with Crippen molar-refractivity contribution < 1.29 is 9.84 Å². The maximum Gasteiger partial charge on any atom is 0.161 e.